The first kappa shape index (κ1) is 18.5. The molecule has 2 aromatic rings. The molecule has 0 unspecified atom stereocenters. The molecule has 1 aromatic carbocycles. The molecule has 1 heterocycles. The summed E-state index contributed by atoms with van der Waals surface area (Å²) in [5.74, 6) is 1.46. The van der Waals surface area contributed by atoms with Crippen LogP contribution in [0.5, 0.6) is 0 Å². The fourth-order valence-electron chi connectivity index (χ4n) is 3.94. The number of hydrogen-bond acceptors (Lipinski definition) is 5. The summed E-state index contributed by atoms with van der Waals surface area (Å²) in [4.78, 5) is 15.2. The summed E-state index contributed by atoms with van der Waals surface area (Å²) in [6, 6.07) is 11.0. The maximum atomic E-state index is 13.0. The lowest BCUT2D eigenvalue weighted by atomic mass is 9.86. The fourth-order valence-corrected chi connectivity index (χ4v) is 4.68. The summed E-state index contributed by atoms with van der Waals surface area (Å²) < 4.78 is 1.77. The largest absolute Gasteiger partial charge is 0.336 e. The third kappa shape index (κ3) is 4.69. The van der Waals surface area contributed by atoms with Crippen LogP contribution in [0, 0.1) is 5.92 Å². The predicted octanol–water partition coefficient (Wildman–Crippen LogP) is 3.38. The molecule has 2 fully saturated rings. The van der Waals surface area contributed by atoms with E-state index in [9.17, 15) is 4.79 Å². The lowest BCUT2D eigenvalue weighted by Gasteiger charge is -2.36. The van der Waals surface area contributed by atoms with Gasteiger partial charge < -0.3 is 4.90 Å². The summed E-state index contributed by atoms with van der Waals surface area (Å²) in [7, 11) is 0. The van der Waals surface area contributed by atoms with Gasteiger partial charge in [0.15, 0.2) is 0 Å². The van der Waals surface area contributed by atoms with Crippen LogP contribution in [0.4, 0.5) is 0 Å². The van der Waals surface area contributed by atoms with Crippen molar-refractivity contribution in [1.82, 2.24) is 25.1 Å². The van der Waals surface area contributed by atoms with Gasteiger partial charge in [0.05, 0.1) is 12.3 Å². The highest BCUT2D eigenvalue weighted by molar-refractivity contribution is 7.99. The molecule has 27 heavy (non-hydrogen) atoms. The van der Waals surface area contributed by atoms with Crippen LogP contribution >= 0.6 is 11.8 Å². The molecule has 0 saturated heterocycles. The third-order valence-corrected chi connectivity index (χ3v) is 6.55. The summed E-state index contributed by atoms with van der Waals surface area (Å²) in [6.45, 7) is 2.94. The van der Waals surface area contributed by atoms with E-state index in [1.165, 1.54) is 24.6 Å². The van der Waals surface area contributed by atoms with Gasteiger partial charge in [-0.3, -0.25) is 4.79 Å². The van der Waals surface area contributed by atoms with Crippen molar-refractivity contribution in [1.29, 1.82) is 0 Å². The van der Waals surface area contributed by atoms with Crippen LogP contribution < -0.4 is 0 Å². The van der Waals surface area contributed by atoms with E-state index in [1.807, 2.05) is 18.2 Å². The van der Waals surface area contributed by atoms with Crippen LogP contribution in [-0.4, -0.2) is 48.9 Å². The monoisotopic (exact) mass is 385 g/mol. The SMILES string of the molecule is CC1CCC(N(C(=O)CSc2nnnn2Cc2ccccc2)C2CC2)CC1. The number of amides is 1. The van der Waals surface area contributed by atoms with Gasteiger partial charge in [-0.25, -0.2) is 4.68 Å². The van der Waals surface area contributed by atoms with Crippen LogP contribution in [0.25, 0.3) is 0 Å². The van der Waals surface area contributed by atoms with Crippen LogP contribution in [-0.2, 0) is 11.3 Å². The molecule has 1 aromatic heterocycles. The molecule has 0 spiro atoms. The Morgan fingerprint density at radius 3 is 2.44 bits per heavy atom. The zero-order valence-electron chi connectivity index (χ0n) is 15.8. The third-order valence-electron chi connectivity index (χ3n) is 5.61. The summed E-state index contributed by atoms with van der Waals surface area (Å²) in [5, 5.41) is 12.7. The Kier molecular flexibility index (Phi) is 5.76. The van der Waals surface area contributed by atoms with Gasteiger partial charge in [0.1, 0.15) is 0 Å². The van der Waals surface area contributed by atoms with Gasteiger partial charge in [-0.2, -0.15) is 0 Å². The number of carbonyl (C=O) groups is 1. The molecular weight excluding hydrogens is 358 g/mol. The molecule has 4 rings (SSSR count). The molecule has 0 bridgehead atoms. The first-order valence-corrected chi connectivity index (χ1v) is 10.9. The standard InChI is InChI=1S/C20H27N5OS/c1-15-7-9-17(10-8-15)25(18-11-12-18)19(26)14-27-20-21-22-23-24(20)13-16-5-3-2-4-6-16/h2-6,15,17-18H,7-14H2,1H3. The van der Waals surface area contributed by atoms with E-state index in [1.54, 1.807) is 4.68 Å². The highest BCUT2D eigenvalue weighted by Crippen LogP contribution is 2.35. The van der Waals surface area contributed by atoms with E-state index in [-0.39, 0.29) is 5.91 Å². The highest BCUT2D eigenvalue weighted by atomic mass is 32.2. The summed E-state index contributed by atoms with van der Waals surface area (Å²) in [6.07, 6.45) is 7.11. The van der Waals surface area contributed by atoms with Gasteiger partial charge in [0.2, 0.25) is 11.1 Å². The van der Waals surface area contributed by atoms with E-state index in [4.69, 9.17) is 0 Å². The van der Waals surface area contributed by atoms with Crippen molar-refractivity contribution in [2.75, 3.05) is 5.75 Å². The minimum absolute atomic E-state index is 0.247. The van der Waals surface area contributed by atoms with Gasteiger partial charge in [0.25, 0.3) is 0 Å². The molecule has 0 N–H and O–H groups in total. The molecule has 144 valence electrons. The van der Waals surface area contributed by atoms with Crippen LogP contribution in [0.1, 0.15) is 51.0 Å². The number of hydrogen-bond donors (Lipinski definition) is 0. The van der Waals surface area contributed by atoms with Crippen molar-refractivity contribution in [3.05, 3.63) is 35.9 Å². The lowest BCUT2D eigenvalue weighted by Crippen LogP contribution is -2.44. The second-order valence-electron chi connectivity index (χ2n) is 7.84. The molecule has 2 aliphatic carbocycles. The number of tetrazole rings is 1. The van der Waals surface area contributed by atoms with Gasteiger partial charge >= 0.3 is 0 Å². The molecular formula is C20H27N5OS. The Balaban J connectivity index is 1.36. The normalized spacial score (nSPS) is 22.6. The van der Waals surface area contributed by atoms with Gasteiger partial charge in [-0.05, 0) is 60.4 Å². The number of rotatable bonds is 7. The van der Waals surface area contributed by atoms with Crippen molar-refractivity contribution in [3.8, 4) is 0 Å². The second kappa shape index (κ2) is 8.42. The zero-order valence-corrected chi connectivity index (χ0v) is 16.6. The number of carbonyl (C=O) groups excluding carboxylic acids is 1. The molecule has 0 atom stereocenters. The average Bonchev–Trinajstić information content (AvgIpc) is 3.42. The molecule has 2 aliphatic rings. The molecule has 1 amide bonds. The van der Waals surface area contributed by atoms with Gasteiger partial charge in [0, 0.05) is 12.1 Å². The van der Waals surface area contributed by atoms with E-state index < -0.39 is 0 Å². The van der Waals surface area contributed by atoms with E-state index in [2.05, 4.69) is 39.5 Å². The minimum atomic E-state index is 0.247. The number of thioether (sulfide) groups is 1. The maximum absolute atomic E-state index is 13.0. The Bertz CT molecular complexity index is 753. The Labute approximate surface area is 164 Å². The molecule has 0 aliphatic heterocycles. The first-order chi connectivity index (χ1) is 13.2. The lowest BCUT2D eigenvalue weighted by molar-refractivity contribution is -0.132. The zero-order chi connectivity index (χ0) is 18.6. The number of aromatic nitrogens is 4. The Hall–Kier alpha value is -1.89. The van der Waals surface area contributed by atoms with Crippen molar-refractivity contribution in [3.63, 3.8) is 0 Å². The Morgan fingerprint density at radius 2 is 1.78 bits per heavy atom. The molecule has 6 nitrogen and oxygen atoms in total. The fraction of sp³-hybridized carbons (Fsp3) is 0.600. The number of nitrogens with zero attached hydrogens (tertiary/aromatic N) is 5. The van der Waals surface area contributed by atoms with Gasteiger partial charge in [-0.15, -0.1) is 5.10 Å². The van der Waals surface area contributed by atoms with E-state index in [0.717, 1.165) is 37.2 Å². The average molecular weight is 386 g/mol. The second-order valence-corrected chi connectivity index (χ2v) is 8.78. The predicted molar refractivity (Wildman–Crippen MR) is 105 cm³/mol. The van der Waals surface area contributed by atoms with Crippen molar-refractivity contribution in [2.24, 2.45) is 5.92 Å². The molecule has 2 saturated carbocycles. The van der Waals surface area contributed by atoms with Crippen molar-refractivity contribution in [2.45, 2.75) is 69.2 Å². The smallest absolute Gasteiger partial charge is 0.233 e. The minimum Gasteiger partial charge on any atom is -0.336 e. The molecule has 7 heteroatoms. The van der Waals surface area contributed by atoms with Crippen molar-refractivity contribution < 1.29 is 4.79 Å². The highest BCUT2D eigenvalue weighted by Gasteiger charge is 2.38. The van der Waals surface area contributed by atoms with Gasteiger partial charge in [-0.1, -0.05) is 49.0 Å². The van der Waals surface area contributed by atoms with Crippen molar-refractivity contribution >= 4 is 17.7 Å². The topological polar surface area (TPSA) is 63.9 Å². The molecule has 0 radical (unpaired) electrons. The Morgan fingerprint density at radius 1 is 1.11 bits per heavy atom. The first-order valence-electron chi connectivity index (χ1n) is 9.94. The van der Waals surface area contributed by atoms with E-state index in [0.29, 0.717) is 29.5 Å². The van der Waals surface area contributed by atoms with Crippen LogP contribution in [0.15, 0.2) is 35.5 Å². The van der Waals surface area contributed by atoms with E-state index >= 15 is 0 Å². The van der Waals surface area contributed by atoms with Crippen LogP contribution in [0.3, 0.4) is 0 Å². The number of benzene rings is 1. The summed E-state index contributed by atoms with van der Waals surface area (Å²) in [5.41, 5.74) is 1.15. The quantitative estimate of drug-likeness (QED) is 0.684. The maximum Gasteiger partial charge on any atom is 0.233 e. The summed E-state index contributed by atoms with van der Waals surface area (Å²) >= 11 is 1.45. The van der Waals surface area contributed by atoms with Crippen LogP contribution in [0.2, 0.25) is 0 Å².